The highest BCUT2D eigenvalue weighted by Gasteiger charge is 2.19. The van der Waals surface area contributed by atoms with Crippen LogP contribution in [0.1, 0.15) is 168 Å². The Bertz CT molecular complexity index is 1140. The number of allylic oxidation sites excluding steroid dienone is 16. The lowest BCUT2D eigenvalue weighted by molar-refractivity contribution is -0.167. The second-order valence-electron chi connectivity index (χ2n) is 13.5. The van der Waals surface area contributed by atoms with E-state index in [1.165, 1.54) is 0 Å². The fourth-order valence-electron chi connectivity index (χ4n) is 5.29. The van der Waals surface area contributed by atoms with Crippen LogP contribution in [0.4, 0.5) is 0 Å². The highest BCUT2D eigenvalue weighted by Crippen LogP contribution is 2.12. The largest absolute Gasteiger partial charge is 0.462 e. The summed E-state index contributed by atoms with van der Waals surface area (Å²) >= 11 is 0. The molecule has 304 valence electrons. The first-order valence-electron chi connectivity index (χ1n) is 21.3. The molecule has 0 amide bonds. The normalized spacial score (nSPS) is 13.0. The fraction of sp³-hybridized carbons (Fsp3) is 0.604. The predicted octanol–water partition coefficient (Wildman–Crippen LogP) is 13.5. The van der Waals surface area contributed by atoms with Crippen LogP contribution in [0, 0.1) is 0 Å². The van der Waals surface area contributed by atoms with Gasteiger partial charge in [0.2, 0.25) is 0 Å². The molecule has 0 saturated heterocycles. The Morgan fingerprint density at radius 2 is 0.759 bits per heavy atom. The van der Waals surface area contributed by atoms with Gasteiger partial charge >= 0.3 is 17.9 Å². The van der Waals surface area contributed by atoms with Crippen molar-refractivity contribution in [3.63, 3.8) is 0 Å². The van der Waals surface area contributed by atoms with Gasteiger partial charge < -0.3 is 14.2 Å². The Hall–Kier alpha value is -3.67. The predicted molar refractivity (Wildman–Crippen MR) is 228 cm³/mol. The summed E-state index contributed by atoms with van der Waals surface area (Å²) in [4.78, 5) is 37.6. The monoisotopic (exact) mass is 749 g/mol. The van der Waals surface area contributed by atoms with E-state index in [0.29, 0.717) is 19.3 Å². The minimum atomic E-state index is -0.805. The van der Waals surface area contributed by atoms with Crippen LogP contribution in [0.2, 0.25) is 0 Å². The maximum absolute atomic E-state index is 12.7. The summed E-state index contributed by atoms with van der Waals surface area (Å²) in [5.41, 5.74) is 0. The highest BCUT2D eigenvalue weighted by molar-refractivity contribution is 5.71. The van der Waals surface area contributed by atoms with Crippen LogP contribution >= 0.6 is 0 Å². The molecule has 0 aliphatic carbocycles. The summed E-state index contributed by atoms with van der Waals surface area (Å²) in [5.74, 6) is -0.996. The molecule has 0 aromatic rings. The van der Waals surface area contributed by atoms with Crippen LogP contribution in [0.3, 0.4) is 0 Å². The quantitative estimate of drug-likeness (QED) is 0.0209. The van der Waals surface area contributed by atoms with Gasteiger partial charge in [-0.3, -0.25) is 14.4 Å². The number of carbonyl (C=O) groups excluding carboxylic acids is 3. The van der Waals surface area contributed by atoms with Gasteiger partial charge in [0.25, 0.3) is 0 Å². The van der Waals surface area contributed by atoms with E-state index in [4.69, 9.17) is 14.2 Å². The molecule has 0 aliphatic heterocycles. The van der Waals surface area contributed by atoms with Crippen LogP contribution in [0.15, 0.2) is 97.2 Å². The minimum Gasteiger partial charge on any atom is -0.462 e. The minimum absolute atomic E-state index is 0.108. The van der Waals surface area contributed by atoms with Crippen molar-refractivity contribution >= 4 is 17.9 Å². The maximum atomic E-state index is 12.7. The third-order valence-electron chi connectivity index (χ3n) is 8.41. The first-order valence-corrected chi connectivity index (χ1v) is 21.3. The molecule has 0 fully saturated rings. The second-order valence-corrected chi connectivity index (χ2v) is 13.5. The van der Waals surface area contributed by atoms with E-state index in [0.717, 1.165) is 128 Å². The van der Waals surface area contributed by atoms with Crippen molar-refractivity contribution in [2.45, 2.75) is 175 Å². The molecule has 0 spiro atoms. The second kappa shape index (κ2) is 42.1. The topological polar surface area (TPSA) is 78.9 Å². The zero-order valence-corrected chi connectivity index (χ0v) is 34.4. The Balaban J connectivity index is 4.48. The van der Waals surface area contributed by atoms with Crippen molar-refractivity contribution in [2.24, 2.45) is 0 Å². The van der Waals surface area contributed by atoms with Gasteiger partial charge in [-0.1, -0.05) is 157 Å². The smallest absolute Gasteiger partial charge is 0.306 e. The summed E-state index contributed by atoms with van der Waals surface area (Å²) < 4.78 is 16.6. The molecule has 1 unspecified atom stereocenters. The molecule has 6 nitrogen and oxygen atoms in total. The van der Waals surface area contributed by atoms with Crippen molar-refractivity contribution in [3.05, 3.63) is 97.2 Å². The standard InChI is InChI=1S/C48H76O6/c1-4-7-10-13-16-19-21-23-24-25-27-29-32-35-38-41-47(50)53-44-45(43-52-46(49)40-37-34-31-28-18-15-12-9-6-3)54-48(51)42-39-36-33-30-26-22-20-17-14-11-8-5-2/h7-13,16-21,23-24,28,45H,4-6,14-15,22,25-27,29-44H2,1-3H3/b10-7-,11-8-,12-9-,16-13-,20-17-,21-19-,24-23-,28-18-. The summed E-state index contributed by atoms with van der Waals surface area (Å²) in [7, 11) is 0. The Labute approximate surface area is 330 Å². The average molecular weight is 749 g/mol. The molecule has 0 N–H and O–H groups in total. The molecule has 0 heterocycles. The fourth-order valence-corrected chi connectivity index (χ4v) is 5.29. The molecule has 0 radical (unpaired) electrons. The number of hydrogen-bond acceptors (Lipinski definition) is 6. The highest BCUT2D eigenvalue weighted by atomic mass is 16.6. The average Bonchev–Trinajstić information content (AvgIpc) is 3.17. The SMILES string of the molecule is CC\C=C/C=C\C=C/C=C\CCCCCCCC(=O)OCC(COC(=O)CCCC/C=C\C/C=C\CC)OC(=O)CCCCCCC/C=C\C/C=C\CC. The van der Waals surface area contributed by atoms with Crippen LogP contribution in [0.25, 0.3) is 0 Å². The number of carbonyl (C=O) groups is 3. The number of unbranched alkanes of at least 4 members (excludes halogenated alkanes) is 12. The number of rotatable bonds is 36. The summed E-state index contributed by atoms with van der Waals surface area (Å²) in [6, 6.07) is 0. The molecular formula is C48H76O6. The number of esters is 3. The van der Waals surface area contributed by atoms with Gasteiger partial charge in [0.05, 0.1) is 0 Å². The van der Waals surface area contributed by atoms with E-state index in [1.807, 2.05) is 24.3 Å². The van der Waals surface area contributed by atoms with Gasteiger partial charge in [0.15, 0.2) is 6.10 Å². The third-order valence-corrected chi connectivity index (χ3v) is 8.41. The molecule has 0 saturated carbocycles. The van der Waals surface area contributed by atoms with Crippen molar-refractivity contribution in [3.8, 4) is 0 Å². The first kappa shape index (κ1) is 50.3. The first-order chi connectivity index (χ1) is 26.5. The van der Waals surface area contributed by atoms with E-state index >= 15 is 0 Å². The van der Waals surface area contributed by atoms with Crippen molar-refractivity contribution < 1.29 is 28.6 Å². The lowest BCUT2D eigenvalue weighted by Crippen LogP contribution is -2.30. The molecular weight excluding hydrogens is 673 g/mol. The molecule has 0 rings (SSSR count). The van der Waals surface area contributed by atoms with Crippen molar-refractivity contribution in [1.29, 1.82) is 0 Å². The van der Waals surface area contributed by atoms with Crippen LogP contribution in [-0.2, 0) is 28.6 Å². The summed E-state index contributed by atoms with van der Waals surface area (Å²) in [6.07, 6.45) is 54.0. The zero-order chi connectivity index (χ0) is 39.4. The Kier molecular flexibility index (Phi) is 39.2. The van der Waals surface area contributed by atoms with E-state index in [2.05, 4.69) is 93.7 Å². The Morgan fingerprint density at radius 1 is 0.389 bits per heavy atom. The maximum Gasteiger partial charge on any atom is 0.306 e. The van der Waals surface area contributed by atoms with Gasteiger partial charge in [-0.05, 0) is 89.9 Å². The summed E-state index contributed by atoms with van der Waals surface area (Å²) in [6.45, 7) is 6.16. The molecule has 0 aliphatic rings. The third kappa shape index (κ3) is 39.5. The van der Waals surface area contributed by atoms with Crippen LogP contribution < -0.4 is 0 Å². The number of hydrogen-bond donors (Lipinski definition) is 0. The molecule has 0 aromatic carbocycles. The molecule has 0 aromatic heterocycles. The lowest BCUT2D eigenvalue weighted by Gasteiger charge is -2.18. The van der Waals surface area contributed by atoms with Gasteiger partial charge in [0.1, 0.15) is 13.2 Å². The summed E-state index contributed by atoms with van der Waals surface area (Å²) in [5, 5.41) is 0. The van der Waals surface area contributed by atoms with Gasteiger partial charge in [-0.15, -0.1) is 0 Å². The lowest BCUT2D eigenvalue weighted by atomic mass is 10.1. The van der Waals surface area contributed by atoms with Crippen LogP contribution in [0.5, 0.6) is 0 Å². The van der Waals surface area contributed by atoms with E-state index in [-0.39, 0.29) is 31.1 Å². The molecule has 0 bridgehead atoms. The van der Waals surface area contributed by atoms with Gasteiger partial charge in [-0.2, -0.15) is 0 Å². The Morgan fingerprint density at radius 3 is 1.28 bits per heavy atom. The van der Waals surface area contributed by atoms with Gasteiger partial charge in [0, 0.05) is 19.3 Å². The van der Waals surface area contributed by atoms with E-state index in [1.54, 1.807) is 0 Å². The van der Waals surface area contributed by atoms with Gasteiger partial charge in [-0.25, -0.2) is 0 Å². The van der Waals surface area contributed by atoms with E-state index in [9.17, 15) is 14.4 Å². The zero-order valence-electron chi connectivity index (χ0n) is 34.4. The van der Waals surface area contributed by atoms with E-state index < -0.39 is 6.10 Å². The molecule has 54 heavy (non-hydrogen) atoms. The molecule has 6 heteroatoms. The van der Waals surface area contributed by atoms with Crippen LogP contribution in [-0.4, -0.2) is 37.2 Å². The van der Waals surface area contributed by atoms with Crippen molar-refractivity contribution in [2.75, 3.05) is 13.2 Å². The molecule has 1 atom stereocenters. The van der Waals surface area contributed by atoms with Crippen molar-refractivity contribution in [1.82, 2.24) is 0 Å². The number of ether oxygens (including phenoxy) is 3.